The molecule has 0 atom stereocenters. The zero-order valence-corrected chi connectivity index (χ0v) is 8.73. The van der Waals surface area contributed by atoms with Crippen molar-refractivity contribution in [3.8, 4) is 11.3 Å². The van der Waals surface area contributed by atoms with Crippen LogP contribution in [0.5, 0.6) is 0 Å². The maximum atomic E-state index is 12.8. The van der Waals surface area contributed by atoms with Crippen LogP contribution >= 0.6 is 0 Å². The maximum absolute atomic E-state index is 12.8. The van der Waals surface area contributed by atoms with E-state index in [1.165, 1.54) is 12.1 Å². The zero-order chi connectivity index (χ0) is 11.0. The minimum atomic E-state index is -0.208. The molecule has 1 aromatic carbocycles. The predicted octanol–water partition coefficient (Wildman–Crippen LogP) is 1.83. The van der Waals surface area contributed by atoms with Crippen LogP contribution in [0.3, 0.4) is 0 Å². The van der Waals surface area contributed by atoms with Crippen molar-refractivity contribution >= 4 is 0 Å². The van der Waals surface area contributed by atoms with Gasteiger partial charge in [-0.1, -0.05) is 0 Å². The van der Waals surface area contributed by atoms with Gasteiger partial charge in [0, 0.05) is 19.3 Å². The summed E-state index contributed by atoms with van der Waals surface area (Å²) in [6, 6.07) is 8.92. The highest BCUT2D eigenvalue weighted by atomic mass is 19.1. The summed E-state index contributed by atoms with van der Waals surface area (Å²) in [5, 5.41) is 7.54. The number of rotatable bonds is 2. The van der Waals surface area contributed by atoms with Gasteiger partial charge in [-0.05, 0) is 35.9 Å². The number of benzene rings is 1. The molecule has 1 saturated heterocycles. The van der Waals surface area contributed by atoms with Crippen molar-refractivity contribution in [1.29, 1.82) is 0 Å². The lowest BCUT2D eigenvalue weighted by Crippen LogP contribution is -2.44. The quantitative estimate of drug-likeness (QED) is 0.831. The second-order valence-electron chi connectivity index (χ2n) is 3.98. The van der Waals surface area contributed by atoms with E-state index in [9.17, 15) is 4.39 Å². The Balaban J connectivity index is 1.99. The van der Waals surface area contributed by atoms with Crippen LogP contribution in [0, 0.1) is 5.82 Å². The molecular formula is C12H12FN3. The third-order valence-corrected chi connectivity index (χ3v) is 2.92. The van der Waals surface area contributed by atoms with Crippen LogP contribution in [0.2, 0.25) is 0 Å². The van der Waals surface area contributed by atoms with Crippen LogP contribution in [0.4, 0.5) is 4.39 Å². The van der Waals surface area contributed by atoms with E-state index in [1.54, 1.807) is 18.3 Å². The molecule has 2 heterocycles. The first-order valence-electron chi connectivity index (χ1n) is 5.35. The Bertz CT molecular complexity index is 485. The lowest BCUT2D eigenvalue weighted by molar-refractivity contribution is 0.321. The molecule has 2 aromatic rings. The Hall–Kier alpha value is -1.68. The molecule has 1 aliphatic heterocycles. The van der Waals surface area contributed by atoms with Gasteiger partial charge in [-0.15, -0.1) is 0 Å². The summed E-state index contributed by atoms with van der Waals surface area (Å²) in [6.07, 6.45) is 1.79. The summed E-state index contributed by atoms with van der Waals surface area (Å²) < 4.78 is 14.8. The minimum Gasteiger partial charge on any atom is -0.312 e. The molecule has 4 heteroatoms. The Morgan fingerprint density at radius 3 is 2.56 bits per heavy atom. The molecule has 1 N–H and O–H groups in total. The molecule has 0 radical (unpaired) electrons. The number of hydrogen-bond donors (Lipinski definition) is 1. The van der Waals surface area contributed by atoms with Gasteiger partial charge in [-0.2, -0.15) is 5.10 Å². The van der Waals surface area contributed by atoms with Crippen LogP contribution in [-0.4, -0.2) is 22.9 Å². The largest absolute Gasteiger partial charge is 0.312 e. The normalized spacial score (nSPS) is 16.1. The Kier molecular flexibility index (Phi) is 2.22. The molecule has 1 aromatic heterocycles. The van der Waals surface area contributed by atoms with Crippen molar-refractivity contribution in [2.75, 3.05) is 13.1 Å². The van der Waals surface area contributed by atoms with E-state index < -0.39 is 0 Å². The van der Waals surface area contributed by atoms with E-state index in [0.717, 1.165) is 24.3 Å². The number of aromatic nitrogens is 2. The summed E-state index contributed by atoms with van der Waals surface area (Å²) in [5.74, 6) is -0.208. The van der Waals surface area contributed by atoms with Crippen molar-refractivity contribution in [2.45, 2.75) is 6.04 Å². The summed E-state index contributed by atoms with van der Waals surface area (Å²) >= 11 is 0. The molecule has 0 amide bonds. The Morgan fingerprint density at radius 2 is 1.94 bits per heavy atom. The van der Waals surface area contributed by atoms with E-state index in [-0.39, 0.29) is 5.82 Å². The molecule has 0 saturated carbocycles. The number of nitrogens with zero attached hydrogens (tertiary/aromatic N) is 2. The highest BCUT2D eigenvalue weighted by Gasteiger charge is 2.21. The van der Waals surface area contributed by atoms with Crippen molar-refractivity contribution < 1.29 is 4.39 Å². The standard InChI is InChI=1S/C12H12FN3/c13-10-3-1-9(2-4-10)12-5-6-15-16(12)11-7-14-8-11/h1-6,11,14H,7-8H2. The first-order chi connectivity index (χ1) is 7.84. The highest BCUT2D eigenvalue weighted by molar-refractivity contribution is 5.59. The lowest BCUT2D eigenvalue weighted by Gasteiger charge is -2.28. The van der Waals surface area contributed by atoms with E-state index in [4.69, 9.17) is 0 Å². The SMILES string of the molecule is Fc1ccc(-c2ccnn2C2CNC2)cc1. The van der Waals surface area contributed by atoms with Gasteiger partial charge in [0.15, 0.2) is 0 Å². The lowest BCUT2D eigenvalue weighted by atomic mass is 10.1. The molecule has 0 bridgehead atoms. The topological polar surface area (TPSA) is 29.9 Å². The molecule has 16 heavy (non-hydrogen) atoms. The fraction of sp³-hybridized carbons (Fsp3) is 0.250. The van der Waals surface area contributed by atoms with Gasteiger partial charge >= 0.3 is 0 Å². The third-order valence-electron chi connectivity index (χ3n) is 2.92. The molecular weight excluding hydrogens is 205 g/mol. The molecule has 1 aliphatic rings. The average molecular weight is 217 g/mol. The van der Waals surface area contributed by atoms with Crippen molar-refractivity contribution in [1.82, 2.24) is 15.1 Å². The molecule has 1 fully saturated rings. The van der Waals surface area contributed by atoms with Gasteiger partial charge in [0.1, 0.15) is 5.82 Å². The Labute approximate surface area is 92.9 Å². The predicted molar refractivity (Wildman–Crippen MR) is 59.5 cm³/mol. The van der Waals surface area contributed by atoms with E-state index in [0.29, 0.717) is 6.04 Å². The van der Waals surface area contributed by atoms with Crippen LogP contribution in [0.25, 0.3) is 11.3 Å². The molecule has 0 unspecified atom stereocenters. The van der Waals surface area contributed by atoms with Gasteiger partial charge in [-0.25, -0.2) is 4.39 Å². The third kappa shape index (κ3) is 1.51. The van der Waals surface area contributed by atoms with Gasteiger partial charge < -0.3 is 5.32 Å². The van der Waals surface area contributed by atoms with Gasteiger partial charge in [0.2, 0.25) is 0 Å². The number of halogens is 1. The van der Waals surface area contributed by atoms with Crippen LogP contribution in [0.1, 0.15) is 6.04 Å². The van der Waals surface area contributed by atoms with Crippen LogP contribution in [0.15, 0.2) is 36.5 Å². The number of nitrogens with one attached hydrogen (secondary N) is 1. The molecule has 82 valence electrons. The summed E-state index contributed by atoms with van der Waals surface area (Å²) in [4.78, 5) is 0. The smallest absolute Gasteiger partial charge is 0.123 e. The molecule has 3 nitrogen and oxygen atoms in total. The number of hydrogen-bond acceptors (Lipinski definition) is 2. The van der Waals surface area contributed by atoms with Gasteiger partial charge in [0.25, 0.3) is 0 Å². The summed E-state index contributed by atoms with van der Waals surface area (Å²) in [5.41, 5.74) is 2.05. The van der Waals surface area contributed by atoms with Crippen molar-refractivity contribution in [3.05, 3.63) is 42.3 Å². The minimum absolute atomic E-state index is 0.208. The summed E-state index contributed by atoms with van der Waals surface area (Å²) in [7, 11) is 0. The van der Waals surface area contributed by atoms with Crippen molar-refractivity contribution in [2.24, 2.45) is 0 Å². The van der Waals surface area contributed by atoms with Crippen LogP contribution in [-0.2, 0) is 0 Å². The average Bonchev–Trinajstić information content (AvgIpc) is 2.65. The fourth-order valence-electron chi connectivity index (χ4n) is 1.90. The van der Waals surface area contributed by atoms with Crippen molar-refractivity contribution in [3.63, 3.8) is 0 Å². The fourth-order valence-corrected chi connectivity index (χ4v) is 1.90. The zero-order valence-electron chi connectivity index (χ0n) is 8.73. The summed E-state index contributed by atoms with van der Waals surface area (Å²) in [6.45, 7) is 1.91. The Morgan fingerprint density at radius 1 is 1.19 bits per heavy atom. The van der Waals surface area contributed by atoms with E-state index in [1.807, 2.05) is 10.7 Å². The van der Waals surface area contributed by atoms with Crippen LogP contribution < -0.4 is 5.32 Å². The van der Waals surface area contributed by atoms with Gasteiger partial charge in [0.05, 0.1) is 11.7 Å². The van der Waals surface area contributed by atoms with Gasteiger partial charge in [-0.3, -0.25) is 4.68 Å². The molecule has 0 aliphatic carbocycles. The highest BCUT2D eigenvalue weighted by Crippen LogP contribution is 2.23. The second kappa shape index (κ2) is 3.72. The molecule has 3 rings (SSSR count). The maximum Gasteiger partial charge on any atom is 0.123 e. The van der Waals surface area contributed by atoms with E-state index in [2.05, 4.69) is 10.4 Å². The first-order valence-corrected chi connectivity index (χ1v) is 5.35. The van der Waals surface area contributed by atoms with E-state index >= 15 is 0 Å². The first kappa shape index (κ1) is 9.54. The second-order valence-corrected chi connectivity index (χ2v) is 3.98. The molecule has 0 spiro atoms. The monoisotopic (exact) mass is 217 g/mol.